The van der Waals surface area contributed by atoms with Gasteiger partial charge in [-0.2, -0.15) is 0 Å². The minimum absolute atomic E-state index is 0.0455. The summed E-state index contributed by atoms with van der Waals surface area (Å²) >= 11 is 1.47. The molecule has 1 heterocycles. The van der Waals surface area contributed by atoms with E-state index in [1.165, 1.54) is 16.1 Å². The number of carbonyl (C=O) groups excluding carboxylic acids is 1. The fourth-order valence-electron chi connectivity index (χ4n) is 3.00. The van der Waals surface area contributed by atoms with Crippen molar-refractivity contribution in [3.05, 3.63) is 48.5 Å². The summed E-state index contributed by atoms with van der Waals surface area (Å²) in [5.41, 5.74) is 0.798. The van der Waals surface area contributed by atoms with Crippen LogP contribution in [0.3, 0.4) is 0 Å². The van der Waals surface area contributed by atoms with Gasteiger partial charge in [-0.25, -0.2) is 8.42 Å². The molecule has 1 aliphatic rings. The van der Waals surface area contributed by atoms with Gasteiger partial charge in [-0.15, -0.1) is 11.8 Å². The van der Waals surface area contributed by atoms with Crippen molar-refractivity contribution in [2.24, 2.45) is 0 Å². The number of sulfonamides is 1. The zero-order valence-electron chi connectivity index (χ0n) is 16.8. The highest BCUT2D eigenvalue weighted by atomic mass is 32.2. The average Bonchev–Trinajstić information content (AvgIpc) is 2.74. The molecule has 0 bridgehead atoms. The minimum Gasteiger partial charge on any atom is -0.497 e. The van der Waals surface area contributed by atoms with Gasteiger partial charge in [0.25, 0.3) is 10.0 Å². The third kappa shape index (κ3) is 5.18. The Labute approximate surface area is 181 Å². The lowest BCUT2D eigenvalue weighted by molar-refractivity contribution is -0.142. The fraction of sp³-hybridized carbons (Fsp3) is 0.350. The highest BCUT2D eigenvalue weighted by Crippen LogP contribution is 2.36. The van der Waals surface area contributed by atoms with E-state index in [0.717, 1.165) is 0 Å². The van der Waals surface area contributed by atoms with Crippen molar-refractivity contribution in [3.63, 3.8) is 0 Å². The first-order valence-electron chi connectivity index (χ1n) is 9.48. The Hall–Kier alpha value is -2.43. The number of benzene rings is 2. The molecule has 162 valence electrons. The number of thioether (sulfide) groups is 1. The maximum atomic E-state index is 13.3. The summed E-state index contributed by atoms with van der Waals surface area (Å²) in [4.78, 5) is 11.9. The molecule has 0 saturated carbocycles. The van der Waals surface area contributed by atoms with Crippen molar-refractivity contribution in [2.45, 2.75) is 17.3 Å². The van der Waals surface area contributed by atoms with E-state index in [0.29, 0.717) is 29.5 Å². The van der Waals surface area contributed by atoms with Crippen LogP contribution < -0.4 is 19.7 Å². The lowest BCUT2D eigenvalue weighted by atomic mass is 10.2. The largest absolute Gasteiger partial charge is 0.497 e. The van der Waals surface area contributed by atoms with E-state index in [4.69, 9.17) is 9.47 Å². The van der Waals surface area contributed by atoms with Crippen LogP contribution in [0.4, 0.5) is 11.4 Å². The second-order valence-corrected chi connectivity index (χ2v) is 9.43. The molecule has 0 radical (unpaired) electrons. The van der Waals surface area contributed by atoms with E-state index in [1.54, 1.807) is 62.6 Å². The van der Waals surface area contributed by atoms with Crippen LogP contribution in [0.25, 0.3) is 0 Å². The zero-order chi connectivity index (χ0) is 21.6. The molecule has 2 aromatic carbocycles. The van der Waals surface area contributed by atoms with Crippen LogP contribution in [0.15, 0.2) is 53.4 Å². The molecule has 10 heteroatoms. The molecule has 0 aromatic heterocycles. The maximum Gasteiger partial charge on any atom is 0.319 e. The summed E-state index contributed by atoms with van der Waals surface area (Å²) in [6.07, 6.45) is 0. The number of methoxy groups -OCH3 is 1. The first-order chi connectivity index (χ1) is 14.5. The summed E-state index contributed by atoms with van der Waals surface area (Å²) in [5, 5.41) is 6.39. The number of esters is 1. The van der Waals surface area contributed by atoms with E-state index < -0.39 is 10.0 Å². The first kappa shape index (κ1) is 22.3. The van der Waals surface area contributed by atoms with Crippen LogP contribution >= 0.6 is 11.8 Å². The number of hydrogen-bond donors (Lipinski definition) is 2. The van der Waals surface area contributed by atoms with Gasteiger partial charge in [0.15, 0.2) is 0 Å². The molecule has 30 heavy (non-hydrogen) atoms. The summed E-state index contributed by atoms with van der Waals surface area (Å²) < 4.78 is 38.3. The molecule has 0 saturated heterocycles. The second-order valence-electron chi connectivity index (χ2n) is 6.35. The molecule has 1 unspecified atom stereocenters. The number of nitrogens with one attached hydrogen (secondary N) is 2. The zero-order valence-corrected chi connectivity index (χ0v) is 18.5. The highest BCUT2D eigenvalue weighted by Gasteiger charge is 2.29. The number of ether oxygens (including phenoxy) is 2. The predicted octanol–water partition coefficient (Wildman–Crippen LogP) is 2.49. The smallest absolute Gasteiger partial charge is 0.319 e. The lowest BCUT2D eigenvalue weighted by Gasteiger charge is -2.32. The van der Waals surface area contributed by atoms with Gasteiger partial charge in [0.05, 0.1) is 36.5 Å². The number of fused-ring (bicyclic) bond motifs is 1. The van der Waals surface area contributed by atoms with E-state index in [-0.39, 0.29) is 29.5 Å². The van der Waals surface area contributed by atoms with Crippen molar-refractivity contribution >= 4 is 39.1 Å². The molecule has 0 fully saturated rings. The van der Waals surface area contributed by atoms with E-state index in [1.807, 2.05) is 0 Å². The van der Waals surface area contributed by atoms with Crippen LogP contribution in [0.2, 0.25) is 0 Å². The number of rotatable bonds is 7. The van der Waals surface area contributed by atoms with Crippen molar-refractivity contribution < 1.29 is 22.7 Å². The number of carbonyl (C=O) groups is 1. The van der Waals surface area contributed by atoms with Crippen molar-refractivity contribution in [2.75, 3.05) is 42.2 Å². The SMILES string of the molecule is CCOC(=O)CNC1Nc2cc(OC)ccc2N(S(=O)(=O)c2ccccc2)CCS1. The van der Waals surface area contributed by atoms with Crippen molar-refractivity contribution in [1.29, 1.82) is 0 Å². The highest BCUT2D eigenvalue weighted by molar-refractivity contribution is 8.00. The van der Waals surface area contributed by atoms with Gasteiger partial charge < -0.3 is 14.8 Å². The van der Waals surface area contributed by atoms with Gasteiger partial charge in [0.2, 0.25) is 0 Å². The molecule has 2 N–H and O–H groups in total. The summed E-state index contributed by atoms with van der Waals surface area (Å²) in [6, 6.07) is 13.5. The maximum absolute atomic E-state index is 13.3. The monoisotopic (exact) mass is 451 g/mol. The van der Waals surface area contributed by atoms with E-state index in [2.05, 4.69) is 10.6 Å². The van der Waals surface area contributed by atoms with Gasteiger partial charge in [-0.3, -0.25) is 14.4 Å². The molecular formula is C20H25N3O5S2. The van der Waals surface area contributed by atoms with Crippen molar-refractivity contribution in [1.82, 2.24) is 5.32 Å². The lowest BCUT2D eigenvalue weighted by Crippen LogP contribution is -2.42. The van der Waals surface area contributed by atoms with Crippen molar-refractivity contribution in [3.8, 4) is 5.75 Å². The van der Waals surface area contributed by atoms with Gasteiger partial charge >= 0.3 is 5.97 Å². The Morgan fingerprint density at radius 1 is 1.27 bits per heavy atom. The van der Waals surface area contributed by atoms with Gasteiger partial charge in [-0.05, 0) is 31.2 Å². The predicted molar refractivity (Wildman–Crippen MR) is 118 cm³/mol. The molecule has 1 aliphatic heterocycles. The molecule has 1 atom stereocenters. The van der Waals surface area contributed by atoms with Crippen LogP contribution in [0, 0.1) is 0 Å². The Morgan fingerprint density at radius 2 is 2.03 bits per heavy atom. The van der Waals surface area contributed by atoms with Gasteiger partial charge in [0, 0.05) is 18.4 Å². The first-order valence-corrected chi connectivity index (χ1v) is 12.0. The third-order valence-electron chi connectivity index (χ3n) is 4.41. The van der Waals surface area contributed by atoms with Crippen LogP contribution in [0.1, 0.15) is 6.92 Å². The number of anilines is 2. The second kappa shape index (κ2) is 10.1. The third-order valence-corrected chi connectivity index (χ3v) is 7.27. The summed E-state index contributed by atoms with van der Waals surface area (Å²) in [7, 11) is -2.19. The normalized spacial score (nSPS) is 16.6. The average molecular weight is 452 g/mol. The molecule has 0 spiro atoms. The van der Waals surface area contributed by atoms with E-state index >= 15 is 0 Å². The van der Waals surface area contributed by atoms with Crippen LogP contribution in [-0.2, 0) is 19.6 Å². The molecule has 3 rings (SSSR count). The topological polar surface area (TPSA) is 97.0 Å². The van der Waals surface area contributed by atoms with E-state index in [9.17, 15) is 13.2 Å². The Morgan fingerprint density at radius 3 is 2.73 bits per heavy atom. The fourth-order valence-corrected chi connectivity index (χ4v) is 5.56. The Kier molecular flexibility index (Phi) is 7.46. The molecular weight excluding hydrogens is 426 g/mol. The van der Waals surface area contributed by atoms with Gasteiger partial charge in [-0.1, -0.05) is 18.2 Å². The summed E-state index contributed by atoms with van der Waals surface area (Å²) in [5.74, 6) is 0.763. The van der Waals surface area contributed by atoms with Gasteiger partial charge in [0.1, 0.15) is 11.2 Å². The standard InChI is InChI=1S/C20H25N3O5S2/c1-3-28-19(24)14-21-20-22-17-13-15(27-2)9-10-18(17)23(11-12-29-20)30(25,26)16-7-5-4-6-8-16/h4-10,13,20-22H,3,11-12,14H2,1-2H3. The number of nitrogens with zero attached hydrogens (tertiary/aromatic N) is 1. The summed E-state index contributed by atoms with van der Waals surface area (Å²) in [6.45, 7) is 2.40. The van der Waals surface area contributed by atoms with Crippen LogP contribution in [0.5, 0.6) is 5.75 Å². The van der Waals surface area contributed by atoms with Crippen LogP contribution in [-0.4, -0.2) is 52.4 Å². The quantitative estimate of drug-likeness (QED) is 0.620. The molecule has 0 aliphatic carbocycles. The number of hydrogen-bond acceptors (Lipinski definition) is 8. The Bertz CT molecular complexity index is 970. The minimum atomic E-state index is -3.74. The molecule has 2 aromatic rings. The molecule has 0 amide bonds. The molecule has 8 nitrogen and oxygen atoms in total. The Balaban J connectivity index is 1.92.